The summed E-state index contributed by atoms with van der Waals surface area (Å²) in [5, 5.41) is 9.17. The number of carbonyl (C=O) groups is 2. The highest BCUT2D eigenvalue weighted by Crippen LogP contribution is 2.37. The van der Waals surface area contributed by atoms with E-state index in [0.717, 1.165) is 5.56 Å². The molecule has 1 N–H and O–H groups in total. The zero-order chi connectivity index (χ0) is 23.8. The number of benzene rings is 2. The summed E-state index contributed by atoms with van der Waals surface area (Å²) in [6.07, 6.45) is 0. The maximum Gasteiger partial charge on any atom is 0.303 e. The Morgan fingerprint density at radius 3 is 2.61 bits per heavy atom. The summed E-state index contributed by atoms with van der Waals surface area (Å²) in [6, 6.07) is 13.4. The molecule has 0 saturated carbocycles. The summed E-state index contributed by atoms with van der Waals surface area (Å²) in [6.45, 7) is 2.97. The molecule has 0 atom stereocenters. The third-order valence-electron chi connectivity index (χ3n) is 5.56. The van der Waals surface area contributed by atoms with Gasteiger partial charge in [-0.3, -0.25) is 9.59 Å². The van der Waals surface area contributed by atoms with E-state index in [4.69, 9.17) is 21.6 Å². The van der Waals surface area contributed by atoms with Gasteiger partial charge < -0.3 is 14.6 Å². The van der Waals surface area contributed by atoms with Crippen molar-refractivity contribution in [2.45, 2.75) is 26.1 Å². The van der Waals surface area contributed by atoms with Crippen molar-refractivity contribution >= 4 is 23.5 Å². The van der Waals surface area contributed by atoms with Crippen LogP contribution in [0, 0.1) is 18.3 Å². The Morgan fingerprint density at radius 1 is 1.27 bits per heavy atom. The molecule has 168 valence electrons. The molecule has 9 heteroatoms. The fraction of sp³-hybridized carbons (Fsp3) is 0.250. The van der Waals surface area contributed by atoms with Crippen molar-refractivity contribution in [1.82, 2.24) is 14.9 Å². The first kappa shape index (κ1) is 22.5. The first-order valence-corrected chi connectivity index (χ1v) is 10.6. The van der Waals surface area contributed by atoms with Crippen LogP contribution in [0.25, 0.3) is 11.3 Å². The summed E-state index contributed by atoms with van der Waals surface area (Å²) < 4.78 is 20.2. The molecular weight excluding hydrogens is 447 g/mol. The number of aromatic nitrogens is 2. The van der Waals surface area contributed by atoms with Gasteiger partial charge in [0.25, 0.3) is 5.91 Å². The molecule has 2 heterocycles. The topological polar surface area (TPSA) is 99.1 Å². The minimum atomic E-state index is -1.64. The highest BCUT2D eigenvalue weighted by molar-refractivity contribution is 6.32. The third kappa shape index (κ3) is 4.45. The van der Waals surface area contributed by atoms with Crippen molar-refractivity contribution in [2.75, 3.05) is 13.1 Å². The van der Waals surface area contributed by atoms with E-state index in [1.54, 1.807) is 42.5 Å². The van der Waals surface area contributed by atoms with Crippen molar-refractivity contribution < 1.29 is 18.7 Å². The van der Waals surface area contributed by atoms with Crippen molar-refractivity contribution in [3.63, 3.8) is 0 Å². The number of aryl methyl sites for hydroxylation is 1. The smallest absolute Gasteiger partial charge is 0.303 e. The molecule has 0 bridgehead atoms. The second-order valence-electron chi connectivity index (χ2n) is 7.97. The average molecular weight is 467 g/mol. The molecule has 1 aromatic heterocycles. The van der Waals surface area contributed by atoms with Gasteiger partial charge in [-0.1, -0.05) is 29.8 Å². The number of ether oxygens (including phenoxy) is 1. The summed E-state index contributed by atoms with van der Waals surface area (Å²) in [7, 11) is 0. The summed E-state index contributed by atoms with van der Waals surface area (Å²) in [4.78, 5) is 32.7. The van der Waals surface area contributed by atoms with Gasteiger partial charge in [0.05, 0.1) is 24.7 Å². The van der Waals surface area contributed by atoms with Crippen LogP contribution < -0.4 is 0 Å². The van der Waals surface area contributed by atoms with Gasteiger partial charge in [0.1, 0.15) is 23.3 Å². The Bertz CT molecular complexity index is 1270. The second-order valence-corrected chi connectivity index (χ2v) is 8.35. The van der Waals surface area contributed by atoms with Crippen LogP contribution in [0.1, 0.15) is 39.8 Å². The van der Waals surface area contributed by atoms with Gasteiger partial charge in [-0.2, -0.15) is 5.26 Å². The van der Waals surface area contributed by atoms with Crippen molar-refractivity contribution in [3.05, 3.63) is 75.7 Å². The zero-order valence-electron chi connectivity index (χ0n) is 18.0. The normalized spacial score (nSPS) is 14.3. The Kier molecular flexibility index (Phi) is 5.91. The number of nitriles is 1. The molecule has 1 saturated heterocycles. The van der Waals surface area contributed by atoms with Gasteiger partial charge in [-0.25, -0.2) is 9.37 Å². The van der Waals surface area contributed by atoms with Gasteiger partial charge in [0, 0.05) is 18.1 Å². The van der Waals surface area contributed by atoms with Crippen LogP contribution in [0.3, 0.4) is 0 Å². The zero-order valence-corrected chi connectivity index (χ0v) is 18.7. The highest BCUT2D eigenvalue weighted by atomic mass is 35.5. The van der Waals surface area contributed by atoms with Crippen LogP contribution in [-0.4, -0.2) is 39.8 Å². The molecule has 0 aliphatic carbocycles. The molecule has 4 rings (SSSR count). The summed E-state index contributed by atoms with van der Waals surface area (Å²) in [5.41, 5.74) is 1.57. The van der Waals surface area contributed by atoms with E-state index in [1.165, 1.54) is 11.8 Å². The maximum absolute atomic E-state index is 15.2. The van der Waals surface area contributed by atoms with Crippen LogP contribution >= 0.6 is 11.6 Å². The first-order valence-electron chi connectivity index (χ1n) is 10.2. The first-order chi connectivity index (χ1) is 15.7. The number of nitrogens with zero attached hydrogens (tertiary/aromatic N) is 3. The van der Waals surface area contributed by atoms with Gasteiger partial charge in [0.2, 0.25) is 0 Å². The van der Waals surface area contributed by atoms with E-state index in [2.05, 4.69) is 9.97 Å². The Labute approximate surface area is 194 Å². The fourth-order valence-corrected chi connectivity index (χ4v) is 3.99. The molecule has 33 heavy (non-hydrogen) atoms. The van der Waals surface area contributed by atoms with Gasteiger partial charge in [-0.05, 0) is 42.3 Å². The molecule has 1 fully saturated rings. The van der Waals surface area contributed by atoms with Gasteiger partial charge in [0.15, 0.2) is 5.67 Å². The molecule has 2 aromatic carbocycles. The number of carbonyl (C=O) groups excluding carboxylic acids is 2. The van der Waals surface area contributed by atoms with Crippen LogP contribution in [0.2, 0.25) is 5.15 Å². The standard InChI is InChI=1S/C24H20ClFN4O3/c1-14-3-6-17(9-19(14)21-22(25)29-20(28-21)11-33-15(2)31)23(32)30-12-24(26,13-30)18-7-4-16(10-27)5-8-18/h3-9H,11-13H2,1-2H3,(H,28,29). The Hall–Kier alpha value is -3.70. The SMILES string of the molecule is CC(=O)OCc1nc(-c2cc(C(=O)N3CC(F)(c4ccc(C#N)cc4)C3)ccc2C)c(Cl)[nH]1. The number of hydrogen-bond donors (Lipinski definition) is 1. The lowest BCUT2D eigenvalue weighted by atomic mass is 9.87. The van der Waals surface area contributed by atoms with Crippen LogP contribution in [0.15, 0.2) is 42.5 Å². The third-order valence-corrected chi connectivity index (χ3v) is 5.84. The number of alkyl halides is 1. The predicted molar refractivity (Wildman–Crippen MR) is 119 cm³/mol. The summed E-state index contributed by atoms with van der Waals surface area (Å²) in [5.74, 6) is -0.356. The number of aromatic amines is 1. The number of halogens is 2. The Morgan fingerprint density at radius 2 is 1.97 bits per heavy atom. The van der Waals surface area contributed by atoms with Crippen molar-refractivity contribution in [3.8, 4) is 17.3 Å². The van der Waals surface area contributed by atoms with Crippen molar-refractivity contribution in [1.29, 1.82) is 5.26 Å². The average Bonchev–Trinajstić information content (AvgIpc) is 3.15. The quantitative estimate of drug-likeness (QED) is 0.565. The fourth-order valence-electron chi connectivity index (χ4n) is 3.74. The van der Waals surface area contributed by atoms with E-state index in [1.807, 2.05) is 13.0 Å². The van der Waals surface area contributed by atoms with Crippen molar-refractivity contribution in [2.24, 2.45) is 0 Å². The molecule has 0 radical (unpaired) electrons. The number of rotatable bonds is 5. The molecule has 1 aliphatic rings. The monoisotopic (exact) mass is 466 g/mol. The lowest BCUT2D eigenvalue weighted by molar-refractivity contribution is -0.142. The van der Waals surface area contributed by atoms with E-state index >= 15 is 4.39 Å². The number of imidazole rings is 1. The summed E-state index contributed by atoms with van der Waals surface area (Å²) >= 11 is 6.30. The maximum atomic E-state index is 15.2. The van der Waals surface area contributed by atoms with E-state index in [9.17, 15) is 9.59 Å². The number of H-pyrrole nitrogens is 1. The van der Waals surface area contributed by atoms with Gasteiger partial charge >= 0.3 is 5.97 Å². The highest BCUT2D eigenvalue weighted by Gasteiger charge is 2.47. The van der Waals surface area contributed by atoms with Crippen LogP contribution in [0.4, 0.5) is 4.39 Å². The predicted octanol–water partition coefficient (Wildman–Crippen LogP) is 4.29. The molecule has 3 aromatic rings. The Balaban J connectivity index is 1.52. The molecule has 0 unspecified atom stereocenters. The van der Waals surface area contributed by atoms with E-state index in [0.29, 0.717) is 33.8 Å². The number of likely N-dealkylation sites (tertiary alicyclic amines) is 1. The number of esters is 1. The molecule has 7 nitrogen and oxygen atoms in total. The molecule has 1 amide bonds. The molecule has 1 aliphatic heterocycles. The largest absolute Gasteiger partial charge is 0.458 e. The number of hydrogen-bond acceptors (Lipinski definition) is 5. The number of nitrogens with one attached hydrogen (secondary N) is 1. The lowest BCUT2D eigenvalue weighted by Gasteiger charge is -2.44. The number of amides is 1. The van der Waals surface area contributed by atoms with E-state index in [-0.39, 0.29) is 30.8 Å². The van der Waals surface area contributed by atoms with Crippen LogP contribution in [-0.2, 0) is 21.8 Å². The lowest BCUT2D eigenvalue weighted by Crippen LogP contribution is -2.58. The minimum Gasteiger partial charge on any atom is -0.458 e. The second kappa shape index (κ2) is 8.68. The molecular formula is C24H20ClFN4O3. The van der Waals surface area contributed by atoms with Gasteiger partial charge in [-0.15, -0.1) is 0 Å². The van der Waals surface area contributed by atoms with E-state index < -0.39 is 11.6 Å². The molecule has 0 spiro atoms. The minimum absolute atomic E-state index is 0.0472. The van der Waals surface area contributed by atoms with Crippen LogP contribution in [0.5, 0.6) is 0 Å².